The van der Waals surface area contributed by atoms with Gasteiger partial charge in [0.15, 0.2) is 5.76 Å². The van der Waals surface area contributed by atoms with Crippen LogP contribution in [0.1, 0.15) is 0 Å². The number of aromatic nitrogens is 3. The Bertz CT molecular complexity index is 958. The number of likely N-dealkylation sites (N-methyl/N-ethyl adjacent to an activating group) is 1. The summed E-state index contributed by atoms with van der Waals surface area (Å²) >= 11 is 5.91. The van der Waals surface area contributed by atoms with Crippen molar-refractivity contribution >= 4 is 17.5 Å². The summed E-state index contributed by atoms with van der Waals surface area (Å²) in [5.74, 6) is 0.408. The number of nitrogens with one attached hydrogen (secondary N) is 1. The van der Waals surface area contributed by atoms with E-state index < -0.39 is 5.69 Å². The Morgan fingerprint density at radius 1 is 1.26 bits per heavy atom. The van der Waals surface area contributed by atoms with Gasteiger partial charge in [0.25, 0.3) is 0 Å². The lowest BCUT2D eigenvalue weighted by atomic mass is 10.3. The minimum Gasteiger partial charge on any atom is -0.461 e. The fourth-order valence-corrected chi connectivity index (χ4v) is 2.62. The number of halogens is 1. The zero-order chi connectivity index (χ0) is 19.4. The highest BCUT2D eigenvalue weighted by atomic mass is 35.5. The first-order valence-electron chi connectivity index (χ1n) is 8.37. The van der Waals surface area contributed by atoms with Crippen molar-refractivity contribution in [3.05, 3.63) is 58.2 Å². The van der Waals surface area contributed by atoms with Gasteiger partial charge in [0.05, 0.1) is 12.0 Å². The molecule has 0 aliphatic heterocycles. The average molecular weight is 390 g/mol. The van der Waals surface area contributed by atoms with Crippen LogP contribution in [0.25, 0.3) is 17.3 Å². The van der Waals surface area contributed by atoms with Gasteiger partial charge in [0.1, 0.15) is 6.54 Å². The summed E-state index contributed by atoms with van der Waals surface area (Å²) in [5, 5.41) is 7.70. The third-order valence-electron chi connectivity index (χ3n) is 3.86. The smallest absolute Gasteiger partial charge is 0.351 e. The van der Waals surface area contributed by atoms with Gasteiger partial charge in [0, 0.05) is 18.1 Å². The van der Waals surface area contributed by atoms with E-state index in [1.54, 1.807) is 36.4 Å². The summed E-state index contributed by atoms with van der Waals surface area (Å²) < 4.78 is 7.90. The van der Waals surface area contributed by atoms with Crippen LogP contribution >= 0.6 is 11.6 Å². The Kier molecular flexibility index (Phi) is 5.78. The zero-order valence-corrected chi connectivity index (χ0v) is 15.8. The van der Waals surface area contributed by atoms with Crippen LogP contribution in [0.3, 0.4) is 0 Å². The van der Waals surface area contributed by atoms with E-state index in [0.717, 1.165) is 0 Å². The van der Waals surface area contributed by atoms with E-state index in [-0.39, 0.29) is 18.3 Å². The maximum Gasteiger partial charge on any atom is 0.351 e. The molecule has 0 saturated carbocycles. The summed E-state index contributed by atoms with van der Waals surface area (Å²) in [5.41, 5.74) is 0.107. The fraction of sp³-hybridized carbons (Fsp3) is 0.278. The molecular formula is C18H20ClN5O3. The van der Waals surface area contributed by atoms with E-state index >= 15 is 0 Å². The van der Waals surface area contributed by atoms with Crippen molar-refractivity contribution in [2.75, 3.05) is 27.2 Å². The van der Waals surface area contributed by atoms with Crippen molar-refractivity contribution in [3.8, 4) is 17.3 Å². The monoisotopic (exact) mass is 389 g/mol. The van der Waals surface area contributed by atoms with Crippen molar-refractivity contribution in [2.45, 2.75) is 6.54 Å². The van der Waals surface area contributed by atoms with Gasteiger partial charge < -0.3 is 14.6 Å². The van der Waals surface area contributed by atoms with Gasteiger partial charge in [-0.15, -0.1) is 5.10 Å². The molecule has 8 nitrogen and oxygen atoms in total. The van der Waals surface area contributed by atoms with E-state index in [0.29, 0.717) is 29.6 Å². The lowest BCUT2D eigenvalue weighted by molar-refractivity contribution is -0.121. The lowest BCUT2D eigenvalue weighted by Crippen LogP contribution is -2.36. The first kappa shape index (κ1) is 18.9. The minimum atomic E-state index is -0.438. The van der Waals surface area contributed by atoms with E-state index in [1.807, 2.05) is 19.0 Å². The highest BCUT2D eigenvalue weighted by Gasteiger charge is 2.20. The maximum absolute atomic E-state index is 12.9. The van der Waals surface area contributed by atoms with Gasteiger partial charge >= 0.3 is 5.69 Å². The van der Waals surface area contributed by atoms with Gasteiger partial charge in [-0.05, 0) is 50.5 Å². The summed E-state index contributed by atoms with van der Waals surface area (Å²) in [6, 6.07) is 10.1. The quantitative estimate of drug-likeness (QED) is 0.663. The molecule has 27 heavy (non-hydrogen) atoms. The number of carbonyl (C=O) groups excluding carboxylic acids is 1. The molecule has 0 spiro atoms. The Morgan fingerprint density at radius 3 is 2.63 bits per heavy atom. The molecule has 2 aromatic heterocycles. The first-order chi connectivity index (χ1) is 13.0. The van der Waals surface area contributed by atoms with Crippen LogP contribution in [0.15, 0.2) is 51.9 Å². The number of benzene rings is 1. The van der Waals surface area contributed by atoms with E-state index in [2.05, 4.69) is 10.4 Å². The lowest BCUT2D eigenvalue weighted by Gasteiger charge is -2.10. The molecule has 0 fully saturated rings. The second-order valence-corrected chi connectivity index (χ2v) is 6.65. The number of carbonyl (C=O) groups is 1. The summed E-state index contributed by atoms with van der Waals surface area (Å²) in [6.45, 7) is 1.04. The van der Waals surface area contributed by atoms with Gasteiger partial charge in [-0.3, -0.25) is 9.36 Å². The van der Waals surface area contributed by atoms with Crippen LogP contribution in [0, 0.1) is 0 Å². The molecule has 0 atom stereocenters. The van der Waals surface area contributed by atoms with E-state index in [1.165, 1.54) is 15.5 Å². The molecule has 3 aromatic rings. The van der Waals surface area contributed by atoms with Crippen LogP contribution in [-0.4, -0.2) is 52.3 Å². The number of rotatable bonds is 7. The molecule has 2 heterocycles. The molecule has 1 aromatic carbocycles. The largest absolute Gasteiger partial charge is 0.461 e. The molecule has 0 aliphatic rings. The topological polar surface area (TPSA) is 85.3 Å². The van der Waals surface area contributed by atoms with Crippen molar-refractivity contribution < 1.29 is 9.21 Å². The Labute approximate surface area is 161 Å². The molecular weight excluding hydrogens is 370 g/mol. The molecule has 3 rings (SSSR count). The van der Waals surface area contributed by atoms with Crippen LogP contribution < -0.4 is 11.0 Å². The van der Waals surface area contributed by atoms with Gasteiger partial charge in [-0.25, -0.2) is 4.79 Å². The normalized spacial score (nSPS) is 11.1. The molecule has 0 saturated heterocycles. The summed E-state index contributed by atoms with van der Waals surface area (Å²) in [6.07, 6.45) is 1.49. The van der Waals surface area contributed by atoms with Gasteiger partial charge in [-0.2, -0.15) is 4.68 Å². The van der Waals surface area contributed by atoms with Crippen LogP contribution in [0.2, 0.25) is 5.02 Å². The highest BCUT2D eigenvalue weighted by Crippen LogP contribution is 2.18. The van der Waals surface area contributed by atoms with Crippen LogP contribution in [0.4, 0.5) is 0 Å². The summed E-state index contributed by atoms with van der Waals surface area (Å²) in [7, 11) is 3.84. The van der Waals surface area contributed by atoms with Crippen LogP contribution in [0.5, 0.6) is 0 Å². The number of nitrogens with zero attached hydrogens (tertiary/aromatic N) is 4. The fourth-order valence-electron chi connectivity index (χ4n) is 2.50. The molecule has 9 heteroatoms. The Balaban J connectivity index is 1.93. The standard InChI is InChI=1S/C18H20ClN5O3/c1-22(2)10-9-20-16(25)12-23-17(15-4-3-11-27-15)21-24(18(23)26)14-7-5-13(19)6-8-14/h3-8,11H,9-10,12H2,1-2H3,(H,20,25). The molecule has 0 aliphatic carbocycles. The molecule has 0 unspecified atom stereocenters. The minimum absolute atomic E-state index is 0.157. The van der Waals surface area contributed by atoms with Crippen LogP contribution in [-0.2, 0) is 11.3 Å². The van der Waals surface area contributed by atoms with Crippen molar-refractivity contribution in [2.24, 2.45) is 0 Å². The Morgan fingerprint density at radius 2 is 2.00 bits per heavy atom. The third kappa shape index (κ3) is 4.47. The molecule has 142 valence electrons. The third-order valence-corrected chi connectivity index (χ3v) is 4.11. The molecule has 1 amide bonds. The molecule has 0 radical (unpaired) electrons. The number of amides is 1. The number of hydrogen-bond acceptors (Lipinski definition) is 5. The predicted octanol–water partition coefficient (Wildman–Crippen LogP) is 1.63. The predicted molar refractivity (Wildman–Crippen MR) is 102 cm³/mol. The Hall–Kier alpha value is -2.84. The van der Waals surface area contributed by atoms with Crippen molar-refractivity contribution in [3.63, 3.8) is 0 Å². The number of hydrogen-bond donors (Lipinski definition) is 1. The molecule has 1 N–H and O–H groups in total. The van der Waals surface area contributed by atoms with Crippen molar-refractivity contribution in [1.82, 2.24) is 24.6 Å². The van der Waals surface area contributed by atoms with Crippen molar-refractivity contribution in [1.29, 1.82) is 0 Å². The maximum atomic E-state index is 12.9. The van der Waals surface area contributed by atoms with E-state index in [4.69, 9.17) is 16.0 Å². The second kappa shape index (κ2) is 8.24. The highest BCUT2D eigenvalue weighted by molar-refractivity contribution is 6.30. The zero-order valence-electron chi connectivity index (χ0n) is 15.1. The van der Waals surface area contributed by atoms with E-state index in [9.17, 15) is 9.59 Å². The van der Waals surface area contributed by atoms with Gasteiger partial charge in [-0.1, -0.05) is 11.6 Å². The molecule has 0 bridgehead atoms. The first-order valence-corrected chi connectivity index (χ1v) is 8.74. The SMILES string of the molecule is CN(C)CCNC(=O)Cn1c(-c2ccco2)nn(-c2ccc(Cl)cc2)c1=O. The average Bonchev–Trinajstić information content (AvgIpc) is 3.25. The summed E-state index contributed by atoms with van der Waals surface area (Å²) in [4.78, 5) is 27.1. The number of furan rings is 1. The van der Waals surface area contributed by atoms with Gasteiger partial charge in [0.2, 0.25) is 11.7 Å². The second-order valence-electron chi connectivity index (χ2n) is 6.21.